The zero-order valence-electron chi connectivity index (χ0n) is 16.1. The molecular formula is C25H23NO2S. The van der Waals surface area contributed by atoms with Crippen LogP contribution < -0.4 is 5.73 Å². The van der Waals surface area contributed by atoms with Crippen LogP contribution in [0.15, 0.2) is 66.7 Å². The van der Waals surface area contributed by atoms with E-state index in [9.17, 15) is 4.79 Å². The van der Waals surface area contributed by atoms with Gasteiger partial charge in [-0.15, -0.1) is 11.3 Å². The van der Waals surface area contributed by atoms with E-state index in [1.54, 1.807) is 11.3 Å². The number of rotatable bonds is 4. The van der Waals surface area contributed by atoms with Crippen LogP contribution in [0.4, 0.5) is 4.79 Å². The highest BCUT2D eigenvalue weighted by atomic mass is 32.1. The zero-order chi connectivity index (χ0) is 20.1. The largest absolute Gasteiger partial charge is 0.449 e. The summed E-state index contributed by atoms with van der Waals surface area (Å²) in [6.45, 7) is 0.433. The van der Waals surface area contributed by atoms with E-state index in [1.165, 1.54) is 16.0 Å². The summed E-state index contributed by atoms with van der Waals surface area (Å²) in [7, 11) is 0. The molecule has 4 rings (SSSR count). The Balaban J connectivity index is 1.38. The van der Waals surface area contributed by atoms with Crippen LogP contribution in [-0.2, 0) is 4.74 Å². The van der Waals surface area contributed by atoms with E-state index in [-0.39, 0.29) is 0 Å². The average Bonchev–Trinajstić information content (AvgIpc) is 3.41. The molecule has 146 valence electrons. The fourth-order valence-electron chi connectivity index (χ4n) is 3.83. The lowest BCUT2D eigenvalue weighted by molar-refractivity contribution is 0.137. The van der Waals surface area contributed by atoms with Crippen LogP contribution in [0.25, 0.3) is 11.1 Å². The molecule has 0 unspecified atom stereocenters. The van der Waals surface area contributed by atoms with E-state index in [0.29, 0.717) is 18.4 Å². The first-order valence-corrected chi connectivity index (χ1v) is 10.7. The molecule has 1 aliphatic carbocycles. The molecule has 0 aliphatic heterocycles. The lowest BCUT2D eigenvalue weighted by atomic mass is 10.0. The SMILES string of the molecule is NC(=O)OC[C@H]1CC[C@H](c2ccc(C#Cc3ccc(-c4ccccc4)cc3)s2)C1. The molecule has 2 atom stereocenters. The first-order chi connectivity index (χ1) is 14.2. The molecule has 1 aromatic heterocycles. The third-order valence-corrected chi connectivity index (χ3v) is 6.52. The van der Waals surface area contributed by atoms with Crippen LogP contribution in [0.1, 0.15) is 40.5 Å². The van der Waals surface area contributed by atoms with E-state index in [2.05, 4.69) is 72.5 Å². The fraction of sp³-hybridized carbons (Fsp3) is 0.240. The van der Waals surface area contributed by atoms with Crippen molar-refractivity contribution in [2.45, 2.75) is 25.2 Å². The monoisotopic (exact) mass is 401 g/mol. The van der Waals surface area contributed by atoms with Gasteiger partial charge in [-0.3, -0.25) is 0 Å². The van der Waals surface area contributed by atoms with Crippen molar-refractivity contribution in [2.24, 2.45) is 11.7 Å². The summed E-state index contributed by atoms with van der Waals surface area (Å²) in [5, 5.41) is 0. The second-order valence-electron chi connectivity index (χ2n) is 7.40. The molecule has 1 fully saturated rings. The summed E-state index contributed by atoms with van der Waals surface area (Å²) in [6, 6.07) is 23.0. The number of ether oxygens (including phenoxy) is 1. The maximum absolute atomic E-state index is 10.8. The summed E-state index contributed by atoms with van der Waals surface area (Å²) in [4.78, 5) is 13.2. The minimum atomic E-state index is -0.682. The highest BCUT2D eigenvalue weighted by Gasteiger charge is 2.27. The molecule has 1 aliphatic rings. The number of primary amides is 1. The lowest BCUT2D eigenvalue weighted by Crippen LogP contribution is -2.17. The Morgan fingerprint density at radius 3 is 2.48 bits per heavy atom. The maximum atomic E-state index is 10.8. The molecule has 0 bridgehead atoms. The van der Waals surface area contributed by atoms with Crippen molar-refractivity contribution in [3.63, 3.8) is 0 Å². The summed E-state index contributed by atoms with van der Waals surface area (Å²) in [5.74, 6) is 7.51. The van der Waals surface area contributed by atoms with Gasteiger partial charge in [0.15, 0.2) is 0 Å². The van der Waals surface area contributed by atoms with Crippen LogP contribution in [0.5, 0.6) is 0 Å². The Morgan fingerprint density at radius 2 is 1.72 bits per heavy atom. The molecule has 1 heterocycles. The van der Waals surface area contributed by atoms with Crippen LogP contribution in [0, 0.1) is 17.8 Å². The van der Waals surface area contributed by atoms with Crippen molar-refractivity contribution in [3.8, 4) is 23.0 Å². The number of benzene rings is 2. The van der Waals surface area contributed by atoms with Gasteiger partial charge in [0.25, 0.3) is 0 Å². The van der Waals surface area contributed by atoms with Gasteiger partial charge in [-0.2, -0.15) is 0 Å². The standard InChI is InChI=1S/C25H23NO2S/c26-25(27)28-17-19-8-12-22(16-19)24-15-14-23(29-24)13-9-18-6-10-21(11-7-18)20-4-2-1-3-5-20/h1-7,10-11,14-15,19,22H,8,12,16-17H2,(H2,26,27)/t19-,22-/m0/s1. The predicted molar refractivity (Wildman–Crippen MR) is 118 cm³/mol. The van der Waals surface area contributed by atoms with Gasteiger partial charge in [0.2, 0.25) is 0 Å². The van der Waals surface area contributed by atoms with E-state index in [1.807, 2.05) is 6.07 Å². The molecule has 2 N–H and O–H groups in total. The van der Waals surface area contributed by atoms with Gasteiger partial charge in [-0.05, 0) is 66.5 Å². The van der Waals surface area contributed by atoms with Crippen LogP contribution in [0.2, 0.25) is 0 Å². The van der Waals surface area contributed by atoms with E-state index in [4.69, 9.17) is 10.5 Å². The summed E-state index contributed by atoms with van der Waals surface area (Å²) in [6.07, 6.45) is 2.56. The van der Waals surface area contributed by atoms with Crippen molar-refractivity contribution < 1.29 is 9.53 Å². The Hall–Kier alpha value is -3.03. The van der Waals surface area contributed by atoms with Gasteiger partial charge in [-0.25, -0.2) is 4.79 Å². The molecule has 29 heavy (non-hydrogen) atoms. The number of thiophene rings is 1. The van der Waals surface area contributed by atoms with Gasteiger partial charge < -0.3 is 10.5 Å². The number of hydrogen-bond acceptors (Lipinski definition) is 3. The summed E-state index contributed by atoms with van der Waals surface area (Å²) < 4.78 is 4.96. The molecule has 3 aromatic rings. The zero-order valence-corrected chi connectivity index (χ0v) is 17.0. The molecule has 1 saturated carbocycles. The molecule has 0 spiro atoms. The first-order valence-electron chi connectivity index (χ1n) is 9.87. The fourth-order valence-corrected chi connectivity index (χ4v) is 4.84. The molecule has 0 saturated heterocycles. The highest BCUT2D eigenvalue weighted by molar-refractivity contribution is 7.12. The normalized spacial score (nSPS) is 18.1. The van der Waals surface area contributed by atoms with Crippen molar-refractivity contribution in [1.29, 1.82) is 0 Å². The second-order valence-corrected chi connectivity index (χ2v) is 8.52. The van der Waals surface area contributed by atoms with Gasteiger partial charge >= 0.3 is 6.09 Å². The van der Waals surface area contributed by atoms with Gasteiger partial charge in [0.1, 0.15) is 0 Å². The molecule has 3 nitrogen and oxygen atoms in total. The third kappa shape index (κ3) is 5.07. The minimum Gasteiger partial charge on any atom is -0.449 e. The molecule has 2 aromatic carbocycles. The topological polar surface area (TPSA) is 52.3 Å². The predicted octanol–water partition coefficient (Wildman–Crippen LogP) is 5.79. The highest BCUT2D eigenvalue weighted by Crippen LogP contribution is 2.40. The minimum absolute atomic E-state index is 0.410. The maximum Gasteiger partial charge on any atom is 0.404 e. The molecule has 0 radical (unpaired) electrons. The van der Waals surface area contributed by atoms with E-state index in [0.717, 1.165) is 29.7 Å². The third-order valence-electron chi connectivity index (χ3n) is 5.35. The van der Waals surface area contributed by atoms with Crippen molar-refractivity contribution in [2.75, 3.05) is 6.61 Å². The Bertz CT molecular complexity index is 1030. The van der Waals surface area contributed by atoms with Crippen molar-refractivity contribution in [3.05, 3.63) is 82.0 Å². The number of carbonyl (C=O) groups excluding carboxylic acids is 1. The first kappa shape index (κ1) is 19.3. The van der Waals surface area contributed by atoms with E-state index < -0.39 is 6.09 Å². The summed E-state index contributed by atoms with van der Waals surface area (Å²) in [5.41, 5.74) is 8.50. The second kappa shape index (κ2) is 8.98. The quantitative estimate of drug-likeness (QED) is 0.562. The van der Waals surface area contributed by atoms with Gasteiger partial charge in [0.05, 0.1) is 11.5 Å². The van der Waals surface area contributed by atoms with E-state index >= 15 is 0 Å². The Morgan fingerprint density at radius 1 is 0.966 bits per heavy atom. The number of nitrogens with two attached hydrogens (primary N) is 1. The molecule has 1 amide bonds. The van der Waals surface area contributed by atoms with Crippen molar-refractivity contribution in [1.82, 2.24) is 0 Å². The van der Waals surface area contributed by atoms with Crippen LogP contribution in [-0.4, -0.2) is 12.7 Å². The average molecular weight is 402 g/mol. The Kier molecular flexibility index (Phi) is 5.97. The van der Waals surface area contributed by atoms with Crippen LogP contribution in [0.3, 0.4) is 0 Å². The number of carbonyl (C=O) groups is 1. The van der Waals surface area contributed by atoms with Gasteiger partial charge in [-0.1, -0.05) is 54.3 Å². The van der Waals surface area contributed by atoms with Crippen molar-refractivity contribution >= 4 is 17.4 Å². The summed E-state index contributed by atoms with van der Waals surface area (Å²) >= 11 is 1.77. The van der Waals surface area contributed by atoms with Crippen LogP contribution >= 0.6 is 11.3 Å². The lowest BCUT2D eigenvalue weighted by Gasteiger charge is -2.09. The number of amides is 1. The smallest absolute Gasteiger partial charge is 0.404 e. The van der Waals surface area contributed by atoms with Gasteiger partial charge in [0, 0.05) is 10.4 Å². The molecular weight excluding hydrogens is 378 g/mol. The Labute approximate surface area is 175 Å². The molecule has 4 heteroatoms. The number of hydrogen-bond donors (Lipinski definition) is 1.